The predicted octanol–water partition coefficient (Wildman–Crippen LogP) is 2.45. The summed E-state index contributed by atoms with van der Waals surface area (Å²) in [6.45, 7) is 12.3. The number of hydrogen-bond acceptors (Lipinski definition) is 3. The molecule has 20 heavy (non-hydrogen) atoms. The van der Waals surface area contributed by atoms with Crippen molar-refractivity contribution in [2.45, 2.75) is 32.6 Å². The summed E-state index contributed by atoms with van der Waals surface area (Å²) in [6.07, 6.45) is 1.96. The first-order valence-corrected chi connectivity index (χ1v) is 10.8. The maximum atomic E-state index is 4.49. The SMILES string of the molecule is C[C@@H]1CN(c2ccc(C#C[Si](C)(C)C)nc2)CCN1C. The van der Waals surface area contributed by atoms with E-state index in [0.29, 0.717) is 6.04 Å². The van der Waals surface area contributed by atoms with Crippen LogP contribution in [0.4, 0.5) is 5.69 Å². The standard InChI is InChI=1S/C16H25N3Si/c1-14-13-19(10-9-18(14)2)16-7-6-15(17-12-16)8-11-20(3,4)5/h6-7,12,14H,9-10,13H2,1-5H3/t14-/m1/s1. The zero-order valence-electron chi connectivity index (χ0n) is 13.3. The predicted molar refractivity (Wildman–Crippen MR) is 88.8 cm³/mol. The average molecular weight is 287 g/mol. The van der Waals surface area contributed by atoms with E-state index in [1.54, 1.807) is 0 Å². The van der Waals surface area contributed by atoms with Gasteiger partial charge >= 0.3 is 0 Å². The van der Waals surface area contributed by atoms with Gasteiger partial charge in [-0.1, -0.05) is 25.6 Å². The van der Waals surface area contributed by atoms with E-state index in [4.69, 9.17) is 0 Å². The summed E-state index contributed by atoms with van der Waals surface area (Å²) in [4.78, 5) is 9.30. The van der Waals surface area contributed by atoms with Crippen LogP contribution in [0.5, 0.6) is 0 Å². The lowest BCUT2D eigenvalue weighted by Gasteiger charge is -2.38. The second-order valence-electron chi connectivity index (χ2n) is 6.68. The molecule has 3 nitrogen and oxygen atoms in total. The summed E-state index contributed by atoms with van der Waals surface area (Å²) in [6, 6.07) is 4.79. The van der Waals surface area contributed by atoms with Gasteiger partial charge in [-0.3, -0.25) is 0 Å². The van der Waals surface area contributed by atoms with Gasteiger partial charge in [0.05, 0.1) is 11.9 Å². The van der Waals surface area contributed by atoms with Crippen LogP contribution in [-0.2, 0) is 0 Å². The monoisotopic (exact) mass is 287 g/mol. The minimum absolute atomic E-state index is 0.593. The summed E-state index contributed by atoms with van der Waals surface area (Å²) < 4.78 is 0. The number of nitrogens with zero attached hydrogens (tertiary/aromatic N) is 3. The molecule has 4 heteroatoms. The molecule has 1 aliphatic rings. The van der Waals surface area contributed by atoms with Crippen LogP contribution in [0, 0.1) is 11.5 Å². The highest BCUT2D eigenvalue weighted by molar-refractivity contribution is 6.83. The van der Waals surface area contributed by atoms with Crippen LogP contribution in [-0.4, -0.2) is 50.7 Å². The molecule has 1 aliphatic heterocycles. The molecule has 1 atom stereocenters. The molecule has 0 saturated carbocycles. The molecule has 1 aromatic heterocycles. The van der Waals surface area contributed by atoms with E-state index in [-0.39, 0.29) is 0 Å². The Balaban J connectivity index is 2.06. The van der Waals surface area contributed by atoms with Crippen molar-refractivity contribution in [1.29, 1.82) is 0 Å². The first-order chi connectivity index (χ1) is 9.35. The molecular weight excluding hydrogens is 262 g/mol. The molecule has 0 radical (unpaired) electrons. The Kier molecular flexibility index (Phi) is 4.51. The third-order valence-electron chi connectivity index (χ3n) is 3.64. The Hall–Kier alpha value is -1.31. The smallest absolute Gasteiger partial charge is 0.129 e. The van der Waals surface area contributed by atoms with Gasteiger partial charge in [0.2, 0.25) is 0 Å². The second-order valence-corrected chi connectivity index (χ2v) is 11.4. The number of pyridine rings is 1. The third kappa shape index (κ3) is 4.09. The zero-order valence-corrected chi connectivity index (χ0v) is 14.3. The van der Waals surface area contributed by atoms with Crippen molar-refractivity contribution < 1.29 is 0 Å². The van der Waals surface area contributed by atoms with Crippen LogP contribution in [0.25, 0.3) is 0 Å². The number of likely N-dealkylation sites (N-methyl/N-ethyl adjacent to an activating group) is 1. The van der Waals surface area contributed by atoms with Crippen molar-refractivity contribution in [3.63, 3.8) is 0 Å². The summed E-state index contributed by atoms with van der Waals surface area (Å²) in [7, 11) is 0.870. The fraction of sp³-hybridized carbons (Fsp3) is 0.562. The Morgan fingerprint density at radius 2 is 2.00 bits per heavy atom. The van der Waals surface area contributed by atoms with Crippen LogP contribution in [0.2, 0.25) is 19.6 Å². The maximum absolute atomic E-state index is 4.49. The van der Waals surface area contributed by atoms with E-state index in [2.05, 4.69) is 65.9 Å². The van der Waals surface area contributed by atoms with Gasteiger partial charge in [0.25, 0.3) is 0 Å². The molecule has 0 bridgehead atoms. The minimum atomic E-state index is -1.32. The quantitative estimate of drug-likeness (QED) is 0.584. The molecule has 0 unspecified atom stereocenters. The molecule has 0 aromatic carbocycles. The lowest BCUT2D eigenvalue weighted by Crippen LogP contribution is -2.50. The topological polar surface area (TPSA) is 19.4 Å². The lowest BCUT2D eigenvalue weighted by atomic mass is 10.2. The van der Waals surface area contributed by atoms with Crippen molar-refractivity contribution in [2.24, 2.45) is 0 Å². The Labute approximate surface area is 124 Å². The summed E-state index contributed by atoms with van der Waals surface area (Å²) in [5, 5.41) is 0. The molecular formula is C16H25N3Si. The molecule has 2 rings (SSSR count). The van der Waals surface area contributed by atoms with Gasteiger partial charge in [0.15, 0.2) is 0 Å². The van der Waals surface area contributed by atoms with Crippen molar-refractivity contribution in [3.8, 4) is 11.5 Å². The first kappa shape index (κ1) is 15.1. The lowest BCUT2D eigenvalue weighted by molar-refractivity contribution is 0.234. The Morgan fingerprint density at radius 3 is 2.55 bits per heavy atom. The normalized spacial score (nSPS) is 20.4. The largest absolute Gasteiger partial charge is 0.367 e. The minimum Gasteiger partial charge on any atom is -0.367 e. The number of piperazine rings is 1. The Bertz CT molecular complexity index is 507. The molecule has 2 heterocycles. The van der Waals surface area contributed by atoms with Crippen LogP contribution in [0.3, 0.4) is 0 Å². The average Bonchev–Trinajstić information content (AvgIpc) is 2.39. The Morgan fingerprint density at radius 1 is 1.25 bits per heavy atom. The van der Waals surface area contributed by atoms with E-state index in [1.165, 1.54) is 5.69 Å². The van der Waals surface area contributed by atoms with Gasteiger partial charge in [-0.05, 0) is 26.1 Å². The fourth-order valence-corrected chi connectivity index (χ4v) is 2.68. The van der Waals surface area contributed by atoms with Crippen LogP contribution in [0.15, 0.2) is 18.3 Å². The van der Waals surface area contributed by atoms with Gasteiger partial charge in [-0.2, -0.15) is 0 Å². The fourth-order valence-electron chi connectivity index (χ4n) is 2.18. The van der Waals surface area contributed by atoms with Crippen molar-refractivity contribution in [2.75, 3.05) is 31.6 Å². The molecule has 0 N–H and O–H groups in total. The second kappa shape index (κ2) is 5.98. The van der Waals surface area contributed by atoms with Crippen LogP contribution in [0.1, 0.15) is 12.6 Å². The van der Waals surface area contributed by atoms with Gasteiger partial charge < -0.3 is 9.80 Å². The van der Waals surface area contributed by atoms with E-state index in [9.17, 15) is 0 Å². The van der Waals surface area contributed by atoms with E-state index >= 15 is 0 Å². The number of rotatable bonds is 1. The van der Waals surface area contributed by atoms with Crippen molar-refractivity contribution in [3.05, 3.63) is 24.0 Å². The molecule has 1 aromatic rings. The molecule has 0 spiro atoms. The summed E-state index contributed by atoms with van der Waals surface area (Å²) in [5.41, 5.74) is 5.46. The highest BCUT2D eigenvalue weighted by Crippen LogP contribution is 2.17. The van der Waals surface area contributed by atoms with Gasteiger partial charge in [-0.25, -0.2) is 4.98 Å². The van der Waals surface area contributed by atoms with Gasteiger partial charge in [0, 0.05) is 25.7 Å². The highest BCUT2D eigenvalue weighted by atomic mass is 28.3. The first-order valence-electron chi connectivity index (χ1n) is 7.29. The maximum Gasteiger partial charge on any atom is 0.129 e. The van der Waals surface area contributed by atoms with Gasteiger partial charge in [0.1, 0.15) is 13.8 Å². The molecule has 1 fully saturated rings. The third-order valence-corrected chi connectivity index (χ3v) is 4.51. The van der Waals surface area contributed by atoms with E-state index in [0.717, 1.165) is 25.3 Å². The highest BCUT2D eigenvalue weighted by Gasteiger charge is 2.20. The van der Waals surface area contributed by atoms with E-state index < -0.39 is 8.07 Å². The number of hydrogen-bond donors (Lipinski definition) is 0. The molecule has 0 aliphatic carbocycles. The van der Waals surface area contributed by atoms with Crippen molar-refractivity contribution >= 4 is 13.8 Å². The van der Waals surface area contributed by atoms with Crippen LogP contribution < -0.4 is 4.90 Å². The number of anilines is 1. The van der Waals surface area contributed by atoms with E-state index in [1.807, 2.05) is 12.3 Å². The zero-order chi connectivity index (χ0) is 14.8. The molecule has 1 saturated heterocycles. The van der Waals surface area contributed by atoms with Crippen LogP contribution >= 0.6 is 0 Å². The summed E-state index contributed by atoms with van der Waals surface area (Å²) >= 11 is 0. The number of aromatic nitrogens is 1. The summed E-state index contributed by atoms with van der Waals surface area (Å²) in [5.74, 6) is 3.20. The molecule has 0 amide bonds. The van der Waals surface area contributed by atoms with Crippen molar-refractivity contribution in [1.82, 2.24) is 9.88 Å². The van der Waals surface area contributed by atoms with Gasteiger partial charge in [-0.15, -0.1) is 5.54 Å². The molecule has 108 valence electrons.